The van der Waals surface area contributed by atoms with Crippen LogP contribution in [0.4, 0.5) is 5.69 Å². The second-order valence-electron chi connectivity index (χ2n) is 9.64. The Morgan fingerprint density at radius 1 is 0.881 bits per heavy atom. The van der Waals surface area contributed by atoms with Crippen molar-refractivity contribution in [3.63, 3.8) is 0 Å². The lowest BCUT2D eigenvalue weighted by molar-refractivity contribution is -0.123. The van der Waals surface area contributed by atoms with Crippen LogP contribution < -0.4 is 23.8 Å². The van der Waals surface area contributed by atoms with Crippen molar-refractivity contribution in [2.75, 3.05) is 25.1 Å². The molecule has 1 amide bonds. The SMILES string of the molecule is COc1ccc([C@@H](C)NC(=O)COc2ccc(N(Cc3ccc(Cl)cc3)S(=O)(=O)c3ccc(C)cc3)cc2)cc1OC. The molecule has 1 atom stereocenters. The maximum Gasteiger partial charge on any atom is 0.264 e. The highest BCUT2D eigenvalue weighted by molar-refractivity contribution is 7.92. The van der Waals surface area contributed by atoms with E-state index in [1.807, 2.05) is 26.0 Å². The predicted octanol–water partition coefficient (Wildman–Crippen LogP) is 6.32. The van der Waals surface area contributed by atoms with Crippen LogP contribution in [0.5, 0.6) is 17.2 Å². The summed E-state index contributed by atoms with van der Waals surface area (Å²) in [4.78, 5) is 12.8. The van der Waals surface area contributed by atoms with E-state index in [1.54, 1.807) is 93.1 Å². The number of aryl methyl sites for hydroxylation is 1. The summed E-state index contributed by atoms with van der Waals surface area (Å²) in [6.07, 6.45) is 0. The zero-order valence-electron chi connectivity index (χ0n) is 23.8. The van der Waals surface area contributed by atoms with Gasteiger partial charge in [0, 0.05) is 5.02 Å². The Balaban J connectivity index is 1.46. The van der Waals surface area contributed by atoms with Gasteiger partial charge in [0.15, 0.2) is 18.1 Å². The standard InChI is InChI=1S/C32H33ClN2O6S/c1-22-5-16-29(17-6-22)42(37,38)35(20-24-7-10-26(33)11-8-24)27-12-14-28(15-13-27)41-21-32(36)34-23(2)25-9-18-30(39-3)31(19-25)40-4/h5-19,23H,20-21H2,1-4H3,(H,34,36)/t23-/m1/s1. The number of sulfonamides is 1. The maximum absolute atomic E-state index is 13.7. The third kappa shape index (κ3) is 7.54. The van der Waals surface area contributed by atoms with E-state index < -0.39 is 10.0 Å². The summed E-state index contributed by atoms with van der Waals surface area (Å²) in [5.74, 6) is 1.28. The van der Waals surface area contributed by atoms with Crippen molar-refractivity contribution in [1.29, 1.82) is 0 Å². The van der Waals surface area contributed by atoms with Crippen molar-refractivity contribution in [3.05, 3.63) is 113 Å². The van der Waals surface area contributed by atoms with E-state index in [-0.39, 0.29) is 30.0 Å². The van der Waals surface area contributed by atoms with Crippen molar-refractivity contribution in [1.82, 2.24) is 5.32 Å². The van der Waals surface area contributed by atoms with Gasteiger partial charge in [0.2, 0.25) is 0 Å². The molecule has 220 valence electrons. The molecular weight excluding hydrogens is 576 g/mol. The molecule has 4 aromatic rings. The van der Waals surface area contributed by atoms with Crippen molar-refractivity contribution >= 4 is 33.2 Å². The summed E-state index contributed by atoms with van der Waals surface area (Å²) in [5.41, 5.74) is 3.03. The second-order valence-corrected chi connectivity index (χ2v) is 11.9. The van der Waals surface area contributed by atoms with Gasteiger partial charge in [-0.25, -0.2) is 8.42 Å². The molecule has 0 aliphatic carbocycles. The molecule has 4 aromatic carbocycles. The quantitative estimate of drug-likeness (QED) is 0.202. The van der Waals surface area contributed by atoms with E-state index in [0.29, 0.717) is 28.0 Å². The monoisotopic (exact) mass is 608 g/mol. The second kappa shape index (κ2) is 13.6. The smallest absolute Gasteiger partial charge is 0.264 e. The molecular formula is C32H33ClN2O6S. The summed E-state index contributed by atoms with van der Waals surface area (Å²) in [5, 5.41) is 3.47. The molecule has 0 bridgehead atoms. The van der Waals surface area contributed by atoms with Gasteiger partial charge in [0.05, 0.1) is 37.4 Å². The van der Waals surface area contributed by atoms with Gasteiger partial charge in [0.1, 0.15) is 5.75 Å². The fraction of sp³-hybridized carbons (Fsp3) is 0.219. The minimum Gasteiger partial charge on any atom is -0.493 e. The number of ether oxygens (including phenoxy) is 3. The fourth-order valence-electron chi connectivity index (χ4n) is 4.25. The molecule has 42 heavy (non-hydrogen) atoms. The van der Waals surface area contributed by atoms with Crippen molar-refractivity contribution in [2.24, 2.45) is 0 Å². The topological polar surface area (TPSA) is 94.2 Å². The van der Waals surface area contributed by atoms with Gasteiger partial charge < -0.3 is 19.5 Å². The summed E-state index contributed by atoms with van der Waals surface area (Å²) in [7, 11) is -0.772. The molecule has 0 heterocycles. The lowest BCUT2D eigenvalue weighted by Gasteiger charge is -2.25. The molecule has 0 unspecified atom stereocenters. The lowest BCUT2D eigenvalue weighted by Crippen LogP contribution is -2.31. The van der Waals surface area contributed by atoms with E-state index in [4.69, 9.17) is 25.8 Å². The molecule has 8 nitrogen and oxygen atoms in total. The number of amides is 1. The molecule has 10 heteroatoms. The van der Waals surface area contributed by atoms with Crippen LogP contribution in [0.3, 0.4) is 0 Å². The normalized spacial score (nSPS) is 11.8. The average Bonchev–Trinajstić information content (AvgIpc) is 2.99. The molecule has 0 saturated carbocycles. The Hall–Kier alpha value is -4.21. The van der Waals surface area contributed by atoms with Gasteiger partial charge in [0.25, 0.3) is 15.9 Å². The summed E-state index contributed by atoms with van der Waals surface area (Å²) >= 11 is 6.03. The molecule has 1 N–H and O–H groups in total. The highest BCUT2D eigenvalue weighted by atomic mass is 35.5. The van der Waals surface area contributed by atoms with E-state index >= 15 is 0 Å². The lowest BCUT2D eigenvalue weighted by atomic mass is 10.1. The summed E-state index contributed by atoms with van der Waals surface area (Å²) < 4.78 is 45.1. The number of methoxy groups -OCH3 is 2. The number of hydrogen-bond acceptors (Lipinski definition) is 6. The first kappa shape index (κ1) is 30.7. The highest BCUT2D eigenvalue weighted by Gasteiger charge is 2.25. The fourth-order valence-corrected chi connectivity index (χ4v) is 5.83. The van der Waals surface area contributed by atoms with Crippen LogP contribution in [0.1, 0.15) is 29.7 Å². The molecule has 0 saturated heterocycles. The van der Waals surface area contributed by atoms with Crippen molar-refractivity contribution in [3.8, 4) is 17.2 Å². The van der Waals surface area contributed by atoms with Crippen LogP contribution in [0.25, 0.3) is 0 Å². The average molecular weight is 609 g/mol. The Kier molecular flexibility index (Phi) is 9.98. The van der Waals surface area contributed by atoms with E-state index in [1.165, 1.54) is 4.31 Å². The number of anilines is 1. The molecule has 0 aliphatic rings. The van der Waals surface area contributed by atoms with E-state index in [2.05, 4.69) is 5.32 Å². The van der Waals surface area contributed by atoms with Crippen LogP contribution in [-0.2, 0) is 21.4 Å². The first-order valence-corrected chi connectivity index (χ1v) is 15.0. The number of halogens is 1. The van der Waals surface area contributed by atoms with Gasteiger partial charge in [-0.3, -0.25) is 9.10 Å². The van der Waals surface area contributed by atoms with Crippen LogP contribution in [0.2, 0.25) is 5.02 Å². The number of benzene rings is 4. The molecule has 0 aromatic heterocycles. The number of nitrogens with zero attached hydrogens (tertiary/aromatic N) is 1. The zero-order valence-corrected chi connectivity index (χ0v) is 25.4. The number of nitrogens with one attached hydrogen (secondary N) is 1. The zero-order chi connectivity index (χ0) is 30.3. The molecule has 0 spiro atoms. The first-order valence-electron chi connectivity index (χ1n) is 13.2. The number of carbonyl (C=O) groups excluding carboxylic acids is 1. The van der Waals surface area contributed by atoms with Crippen molar-refractivity contribution < 1.29 is 27.4 Å². The molecule has 4 rings (SSSR count). The largest absolute Gasteiger partial charge is 0.493 e. The summed E-state index contributed by atoms with van der Waals surface area (Å²) in [6, 6.07) is 25.5. The number of hydrogen-bond donors (Lipinski definition) is 1. The Labute approximate surface area is 251 Å². The predicted molar refractivity (Wildman–Crippen MR) is 164 cm³/mol. The third-order valence-corrected chi connectivity index (χ3v) is 8.67. The minimum atomic E-state index is -3.89. The maximum atomic E-state index is 13.7. The van der Waals surface area contributed by atoms with Gasteiger partial charge in [-0.15, -0.1) is 0 Å². The number of carbonyl (C=O) groups is 1. The third-order valence-electron chi connectivity index (χ3n) is 6.63. The van der Waals surface area contributed by atoms with Gasteiger partial charge in [-0.05, 0) is 85.6 Å². The van der Waals surface area contributed by atoms with Crippen LogP contribution in [0.15, 0.2) is 95.9 Å². The summed E-state index contributed by atoms with van der Waals surface area (Å²) in [6.45, 7) is 3.65. The molecule has 0 radical (unpaired) electrons. The Morgan fingerprint density at radius 2 is 1.52 bits per heavy atom. The van der Waals surface area contributed by atoms with Crippen LogP contribution in [0, 0.1) is 6.92 Å². The number of rotatable bonds is 12. The molecule has 0 fully saturated rings. The Morgan fingerprint density at radius 3 is 2.14 bits per heavy atom. The van der Waals surface area contributed by atoms with Gasteiger partial charge in [-0.1, -0.05) is 47.5 Å². The van der Waals surface area contributed by atoms with E-state index in [9.17, 15) is 13.2 Å². The van der Waals surface area contributed by atoms with Gasteiger partial charge in [-0.2, -0.15) is 0 Å². The van der Waals surface area contributed by atoms with Crippen LogP contribution in [-0.4, -0.2) is 35.2 Å². The molecule has 0 aliphatic heterocycles. The first-order chi connectivity index (χ1) is 20.1. The van der Waals surface area contributed by atoms with Crippen LogP contribution >= 0.6 is 11.6 Å². The highest BCUT2D eigenvalue weighted by Crippen LogP contribution is 2.30. The van der Waals surface area contributed by atoms with Gasteiger partial charge >= 0.3 is 0 Å². The van der Waals surface area contributed by atoms with Crippen molar-refractivity contribution in [2.45, 2.75) is 31.3 Å². The van der Waals surface area contributed by atoms with E-state index in [0.717, 1.165) is 16.7 Å². The minimum absolute atomic E-state index is 0.101. The Bertz CT molecular complexity index is 1610.